The second-order valence-corrected chi connectivity index (χ2v) is 7.44. The Morgan fingerprint density at radius 2 is 1.32 bits per heavy atom. The van der Waals surface area contributed by atoms with Crippen molar-refractivity contribution in [1.82, 2.24) is 4.90 Å². The maximum Gasteiger partial charge on any atom is 0.165 e. The minimum atomic E-state index is -0.310. The van der Waals surface area contributed by atoms with Crippen LogP contribution in [0.2, 0.25) is 0 Å². The van der Waals surface area contributed by atoms with Crippen LogP contribution >= 0.6 is 24.8 Å². The number of para-hydroxylation sites is 2. The highest BCUT2D eigenvalue weighted by Gasteiger charge is 2.17. The number of hydrogen-bond acceptors (Lipinski definition) is 3. The van der Waals surface area contributed by atoms with Gasteiger partial charge in [0.1, 0.15) is 0 Å². The number of rotatable bonds is 7. The Labute approximate surface area is 196 Å². The zero-order valence-corrected chi connectivity index (χ0v) is 19.1. The molecule has 166 valence electrons. The van der Waals surface area contributed by atoms with Gasteiger partial charge in [-0.3, -0.25) is 4.90 Å². The van der Waals surface area contributed by atoms with Gasteiger partial charge in [-0.05, 0) is 35.4 Å². The molecule has 1 aliphatic heterocycles. The lowest BCUT2D eigenvalue weighted by molar-refractivity contribution is 0.250. The summed E-state index contributed by atoms with van der Waals surface area (Å²) in [6.45, 7) is 5.74. The monoisotopic (exact) mass is 462 g/mol. The van der Waals surface area contributed by atoms with Gasteiger partial charge in [-0.15, -0.1) is 24.8 Å². The van der Waals surface area contributed by atoms with Crippen LogP contribution in [0.15, 0.2) is 78.9 Å². The Morgan fingerprint density at radius 3 is 2.00 bits per heavy atom. The molecule has 0 N–H and O–H groups in total. The van der Waals surface area contributed by atoms with E-state index in [1.54, 1.807) is 18.2 Å². The molecule has 1 aliphatic rings. The standard InChI is InChI=1S/C25H27FN2O.2ClH/c26-24-8-4-5-9-25(24)29-19-14-21-10-12-22(13-11-21)20-27-15-17-28(18-16-27)23-6-2-1-3-7-23;;/h1-13H,14-20H2;2*1H. The summed E-state index contributed by atoms with van der Waals surface area (Å²) in [6.07, 6.45) is 0.768. The number of ether oxygens (including phenoxy) is 1. The molecule has 0 aromatic heterocycles. The summed E-state index contributed by atoms with van der Waals surface area (Å²) >= 11 is 0. The lowest BCUT2D eigenvalue weighted by Crippen LogP contribution is -2.45. The molecule has 0 unspecified atom stereocenters. The van der Waals surface area contributed by atoms with E-state index in [1.165, 1.54) is 22.9 Å². The summed E-state index contributed by atoms with van der Waals surface area (Å²) in [5.74, 6) is 0.00831. The maximum atomic E-state index is 13.6. The first-order chi connectivity index (χ1) is 14.3. The van der Waals surface area contributed by atoms with Crippen molar-refractivity contribution in [3.05, 3.63) is 95.8 Å². The van der Waals surface area contributed by atoms with Crippen LogP contribution in [-0.4, -0.2) is 37.7 Å². The zero-order chi connectivity index (χ0) is 19.9. The van der Waals surface area contributed by atoms with Crippen LogP contribution < -0.4 is 9.64 Å². The van der Waals surface area contributed by atoms with Crippen molar-refractivity contribution in [3.63, 3.8) is 0 Å². The van der Waals surface area contributed by atoms with Gasteiger partial charge >= 0.3 is 0 Å². The molecule has 31 heavy (non-hydrogen) atoms. The van der Waals surface area contributed by atoms with Gasteiger partial charge in [-0.2, -0.15) is 0 Å². The summed E-state index contributed by atoms with van der Waals surface area (Å²) < 4.78 is 19.1. The molecule has 0 spiro atoms. The van der Waals surface area contributed by atoms with Gasteiger partial charge in [0.2, 0.25) is 0 Å². The van der Waals surface area contributed by atoms with Crippen molar-refractivity contribution in [1.29, 1.82) is 0 Å². The predicted molar refractivity (Wildman–Crippen MR) is 130 cm³/mol. The minimum absolute atomic E-state index is 0. The Bertz CT molecular complexity index is 901. The van der Waals surface area contributed by atoms with E-state index in [2.05, 4.69) is 64.4 Å². The summed E-state index contributed by atoms with van der Waals surface area (Å²) in [6, 6.07) is 25.9. The molecule has 0 bridgehead atoms. The lowest BCUT2D eigenvalue weighted by Gasteiger charge is -2.36. The number of piperazine rings is 1. The third-order valence-corrected chi connectivity index (χ3v) is 5.41. The molecular formula is C25H29Cl2FN2O. The average Bonchev–Trinajstić information content (AvgIpc) is 2.77. The van der Waals surface area contributed by atoms with E-state index >= 15 is 0 Å². The Kier molecular flexibility index (Phi) is 10.1. The van der Waals surface area contributed by atoms with Crippen LogP contribution in [0, 0.1) is 5.82 Å². The van der Waals surface area contributed by atoms with Crippen molar-refractivity contribution >= 4 is 30.5 Å². The molecule has 1 fully saturated rings. The van der Waals surface area contributed by atoms with E-state index in [-0.39, 0.29) is 30.6 Å². The third kappa shape index (κ3) is 7.13. The van der Waals surface area contributed by atoms with Gasteiger partial charge in [0.15, 0.2) is 11.6 Å². The molecule has 3 aromatic rings. The molecular weight excluding hydrogens is 434 g/mol. The summed E-state index contributed by atoms with van der Waals surface area (Å²) in [7, 11) is 0. The maximum absolute atomic E-state index is 13.6. The normalized spacial score (nSPS) is 13.8. The quantitative estimate of drug-likeness (QED) is 0.453. The molecule has 1 heterocycles. The molecule has 3 nitrogen and oxygen atoms in total. The number of halogens is 3. The molecule has 4 rings (SSSR count). The van der Waals surface area contributed by atoms with Crippen LogP contribution in [-0.2, 0) is 13.0 Å². The predicted octanol–water partition coefficient (Wildman–Crippen LogP) is 5.61. The van der Waals surface area contributed by atoms with Gasteiger partial charge in [0.05, 0.1) is 6.61 Å². The van der Waals surface area contributed by atoms with E-state index in [4.69, 9.17) is 4.74 Å². The average molecular weight is 463 g/mol. The summed E-state index contributed by atoms with van der Waals surface area (Å²) in [5, 5.41) is 0. The van der Waals surface area contributed by atoms with E-state index in [1.807, 2.05) is 0 Å². The lowest BCUT2D eigenvalue weighted by atomic mass is 10.1. The van der Waals surface area contributed by atoms with E-state index in [9.17, 15) is 4.39 Å². The molecule has 3 aromatic carbocycles. The van der Waals surface area contributed by atoms with Crippen molar-refractivity contribution in [3.8, 4) is 5.75 Å². The molecule has 0 atom stereocenters. The highest BCUT2D eigenvalue weighted by molar-refractivity contribution is 5.85. The molecule has 6 heteroatoms. The van der Waals surface area contributed by atoms with Crippen molar-refractivity contribution in [2.75, 3.05) is 37.7 Å². The molecule has 0 amide bonds. The van der Waals surface area contributed by atoms with Gasteiger partial charge in [0.25, 0.3) is 0 Å². The third-order valence-electron chi connectivity index (χ3n) is 5.41. The summed E-state index contributed by atoms with van der Waals surface area (Å²) in [5.41, 5.74) is 3.85. The fraction of sp³-hybridized carbons (Fsp3) is 0.280. The van der Waals surface area contributed by atoms with Gasteiger partial charge in [-0.25, -0.2) is 4.39 Å². The largest absolute Gasteiger partial charge is 0.490 e. The van der Waals surface area contributed by atoms with Crippen molar-refractivity contribution in [2.45, 2.75) is 13.0 Å². The fourth-order valence-electron chi connectivity index (χ4n) is 3.71. The minimum Gasteiger partial charge on any atom is -0.490 e. The number of nitrogens with zero attached hydrogens (tertiary/aromatic N) is 2. The molecule has 1 saturated heterocycles. The molecule has 0 radical (unpaired) electrons. The first-order valence-corrected chi connectivity index (χ1v) is 10.3. The second-order valence-electron chi connectivity index (χ2n) is 7.44. The van der Waals surface area contributed by atoms with E-state index < -0.39 is 0 Å². The van der Waals surface area contributed by atoms with Crippen LogP contribution in [0.5, 0.6) is 5.75 Å². The summed E-state index contributed by atoms with van der Waals surface area (Å²) in [4.78, 5) is 4.96. The van der Waals surface area contributed by atoms with Crippen LogP contribution in [0.25, 0.3) is 0 Å². The number of benzene rings is 3. The second kappa shape index (κ2) is 12.6. The topological polar surface area (TPSA) is 15.7 Å². The van der Waals surface area contributed by atoms with Gasteiger partial charge < -0.3 is 9.64 Å². The van der Waals surface area contributed by atoms with Gasteiger partial charge in [-0.1, -0.05) is 54.6 Å². The van der Waals surface area contributed by atoms with Crippen molar-refractivity contribution < 1.29 is 9.13 Å². The molecule has 0 saturated carbocycles. The van der Waals surface area contributed by atoms with E-state index in [0.29, 0.717) is 12.4 Å². The highest BCUT2D eigenvalue weighted by atomic mass is 35.5. The highest BCUT2D eigenvalue weighted by Crippen LogP contribution is 2.18. The van der Waals surface area contributed by atoms with Crippen LogP contribution in [0.1, 0.15) is 11.1 Å². The number of anilines is 1. The first-order valence-electron chi connectivity index (χ1n) is 10.3. The van der Waals surface area contributed by atoms with Crippen LogP contribution in [0.4, 0.5) is 10.1 Å². The SMILES string of the molecule is Cl.Cl.Fc1ccccc1OCCc1ccc(CN2CCN(c3ccccc3)CC2)cc1. The van der Waals surface area contributed by atoms with Crippen LogP contribution in [0.3, 0.4) is 0 Å². The smallest absolute Gasteiger partial charge is 0.165 e. The van der Waals surface area contributed by atoms with E-state index in [0.717, 1.165) is 39.1 Å². The number of hydrogen-bond donors (Lipinski definition) is 0. The Hall–Kier alpha value is -2.27. The first kappa shape index (κ1) is 25.0. The fourth-order valence-corrected chi connectivity index (χ4v) is 3.71. The van der Waals surface area contributed by atoms with Crippen molar-refractivity contribution in [2.24, 2.45) is 0 Å². The molecule has 0 aliphatic carbocycles. The Morgan fingerprint density at radius 1 is 0.710 bits per heavy atom. The van der Waals surface area contributed by atoms with Gasteiger partial charge in [0, 0.05) is 44.8 Å². The Balaban J connectivity index is 0.00000171. The zero-order valence-electron chi connectivity index (χ0n) is 17.5.